The summed E-state index contributed by atoms with van der Waals surface area (Å²) in [7, 11) is 1.85. The number of hydrogen-bond acceptors (Lipinski definition) is 4. The Morgan fingerprint density at radius 2 is 2.20 bits per heavy atom. The lowest BCUT2D eigenvalue weighted by Gasteiger charge is -2.25. The second-order valence-electron chi connectivity index (χ2n) is 6.47. The van der Waals surface area contributed by atoms with Crippen molar-refractivity contribution >= 4 is 11.9 Å². The number of hydrogen-bond donors (Lipinski definition) is 1. The normalized spacial score (nSPS) is 19.9. The summed E-state index contributed by atoms with van der Waals surface area (Å²) in [4.78, 5) is 26.5. The molecular formula is C17H20N4O4. The van der Waals surface area contributed by atoms with Crippen LogP contribution in [-0.2, 0) is 24.9 Å². The van der Waals surface area contributed by atoms with Gasteiger partial charge in [-0.05, 0) is 25.0 Å². The average Bonchev–Trinajstić information content (AvgIpc) is 3.31. The van der Waals surface area contributed by atoms with Gasteiger partial charge in [0.05, 0.1) is 36.2 Å². The van der Waals surface area contributed by atoms with E-state index in [0.29, 0.717) is 31.1 Å². The molecule has 2 aliphatic rings. The fourth-order valence-electron chi connectivity index (χ4n) is 3.76. The summed E-state index contributed by atoms with van der Waals surface area (Å²) in [6.07, 6.45) is 3.65. The predicted octanol–water partition coefficient (Wildman–Crippen LogP) is 1.43. The van der Waals surface area contributed by atoms with Crippen molar-refractivity contribution in [2.24, 2.45) is 7.05 Å². The van der Waals surface area contributed by atoms with Crippen LogP contribution in [-0.4, -0.2) is 49.4 Å². The Kier molecular flexibility index (Phi) is 3.84. The highest BCUT2D eigenvalue weighted by Crippen LogP contribution is 2.33. The van der Waals surface area contributed by atoms with Gasteiger partial charge < -0.3 is 19.3 Å². The van der Waals surface area contributed by atoms with E-state index in [1.807, 2.05) is 24.2 Å². The van der Waals surface area contributed by atoms with E-state index in [0.717, 1.165) is 18.5 Å². The number of rotatable bonds is 3. The van der Waals surface area contributed by atoms with Crippen molar-refractivity contribution in [3.05, 3.63) is 41.0 Å². The van der Waals surface area contributed by atoms with Crippen LogP contribution in [0.25, 0.3) is 0 Å². The second kappa shape index (κ2) is 6.03. The lowest BCUT2D eigenvalue weighted by atomic mass is 10.1. The molecule has 0 bridgehead atoms. The molecule has 0 saturated carbocycles. The zero-order valence-corrected chi connectivity index (χ0v) is 14.0. The number of nitrogens with zero attached hydrogens (tertiary/aromatic N) is 4. The molecule has 4 rings (SSSR count). The van der Waals surface area contributed by atoms with Gasteiger partial charge in [0, 0.05) is 26.3 Å². The zero-order chi connectivity index (χ0) is 17.6. The van der Waals surface area contributed by atoms with E-state index in [-0.39, 0.29) is 24.1 Å². The van der Waals surface area contributed by atoms with Crippen LogP contribution in [0.2, 0.25) is 0 Å². The molecular weight excluding hydrogens is 324 g/mol. The van der Waals surface area contributed by atoms with Crippen LogP contribution in [0.3, 0.4) is 0 Å². The Labute approximate surface area is 144 Å². The first-order valence-corrected chi connectivity index (χ1v) is 8.40. The fraction of sp³-hybridized carbons (Fsp3) is 0.471. The van der Waals surface area contributed by atoms with Gasteiger partial charge in [-0.25, -0.2) is 4.79 Å². The van der Waals surface area contributed by atoms with Crippen LogP contribution in [0.5, 0.6) is 0 Å². The monoisotopic (exact) mass is 344 g/mol. The first-order valence-electron chi connectivity index (χ1n) is 8.40. The topological polar surface area (TPSA) is 89.6 Å². The van der Waals surface area contributed by atoms with Crippen molar-refractivity contribution in [2.75, 3.05) is 13.2 Å². The number of ether oxygens (including phenoxy) is 1. The molecule has 0 spiro atoms. The smallest absolute Gasteiger partial charge is 0.337 e. The summed E-state index contributed by atoms with van der Waals surface area (Å²) in [5.74, 6) is -1.17. The standard InChI is InChI=1S/C17H20N4O4/c1-19-6-4-12(18-19)13-3-2-5-21(13)16(22)14-9-11(17(23)24)15-10-25-8-7-20(14)15/h4,6,9,13H,2-3,5,7-8,10H2,1H3,(H,23,24). The quantitative estimate of drug-likeness (QED) is 0.910. The van der Waals surface area contributed by atoms with Gasteiger partial charge in [0.25, 0.3) is 5.91 Å². The van der Waals surface area contributed by atoms with Crippen LogP contribution < -0.4 is 0 Å². The molecule has 25 heavy (non-hydrogen) atoms. The van der Waals surface area contributed by atoms with E-state index in [9.17, 15) is 14.7 Å². The van der Waals surface area contributed by atoms with Crippen LogP contribution >= 0.6 is 0 Å². The third kappa shape index (κ3) is 2.62. The summed E-state index contributed by atoms with van der Waals surface area (Å²) < 4.78 is 8.90. The number of carboxylic acid groups (broad SMARTS) is 1. The Balaban J connectivity index is 1.70. The number of aromatic nitrogens is 3. The highest BCUT2D eigenvalue weighted by molar-refractivity contribution is 5.98. The molecule has 4 heterocycles. The molecule has 1 N–H and O–H groups in total. The summed E-state index contributed by atoms with van der Waals surface area (Å²) in [6.45, 7) is 1.84. The number of carboxylic acids is 1. The molecule has 1 saturated heterocycles. The zero-order valence-electron chi connectivity index (χ0n) is 14.0. The molecule has 8 nitrogen and oxygen atoms in total. The molecule has 1 atom stereocenters. The number of aromatic carboxylic acids is 1. The number of aryl methyl sites for hydroxylation is 1. The third-order valence-electron chi connectivity index (χ3n) is 4.95. The number of carbonyl (C=O) groups excluding carboxylic acids is 1. The first-order chi connectivity index (χ1) is 12.1. The molecule has 2 aliphatic heterocycles. The summed E-state index contributed by atoms with van der Waals surface area (Å²) in [6, 6.07) is 3.36. The van der Waals surface area contributed by atoms with E-state index in [2.05, 4.69) is 5.10 Å². The highest BCUT2D eigenvalue weighted by atomic mass is 16.5. The minimum absolute atomic E-state index is 0.0621. The van der Waals surface area contributed by atoms with E-state index in [1.165, 1.54) is 6.07 Å². The van der Waals surface area contributed by atoms with E-state index in [4.69, 9.17) is 4.74 Å². The van der Waals surface area contributed by atoms with Gasteiger partial charge in [-0.15, -0.1) is 0 Å². The van der Waals surface area contributed by atoms with E-state index < -0.39 is 5.97 Å². The van der Waals surface area contributed by atoms with Crippen LogP contribution in [0.15, 0.2) is 18.3 Å². The molecule has 0 radical (unpaired) electrons. The highest BCUT2D eigenvalue weighted by Gasteiger charge is 2.35. The van der Waals surface area contributed by atoms with E-state index >= 15 is 0 Å². The molecule has 0 aromatic carbocycles. The number of carbonyl (C=O) groups is 2. The lowest BCUT2D eigenvalue weighted by Crippen LogP contribution is -2.33. The van der Waals surface area contributed by atoms with Crippen molar-refractivity contribution < 1.29 is 19.4 Å². The van der Waals surface area contributed by atoms with E-state index in [1.54, 1.807) is 9.25 Å². The van der Waals surface area contributed by atoms with Gasteiger partial charge in [-0.3, -0.25) is 9.48 Å². The second-order valence-corrected chi connectivity index (χ2v) is 6.47. The molecule has 0 aliphatic carbocycles. The van der Waals surface area contributed by atoms with Crippen molar-refractivity contribution in [3.8, 4) is 0 Å². The molecule has 1 amide bonds. The van der Waals surface area contributed by atoms with Gasteiger partial charge in [0.1, 0.15) is 5.69 Å². The van der Waals surface area contributed by atoms with Gasteiger partial charge in [0.15, 0.2) is 0 Å². The Morgan fingerprint density at radius 3 is 2.92 bits per heavy atom. The van der Waals surface area contributed by atoms with Crippen LogP contribution in [0.1, 0.15) is 51.1 Å². The first kappa shape index (κ1) is 15.9. The molecule has 2 aromatic rings. The van der Waals surface area contributed by atoms with Crippen molar-refractivity contribution in [3.63, 3.8) is 0 Å². The van der Waals surface area contributed by atoms with Crippen molar-refractivity contribution in [1.29, 1.82) is 0 Å². The number of likely N-dealkylation sites (tertiary alicyclic amines) is 1. The largest absolute Gasteiger partial charge is 0.478 e. The summed E-state index contributed by atoms with van der Waals surface area (Å²) in [5.41, 5.74) is 2.02. The number of fused-ring (bicyclic) bond motifs is 1. The van der Waals surface area contributed by atoms with Gasteiger partial charge in [0.2, 0.25) is 0 Å². The van der Waals surface area contributed by atoms with Gasteiger partial charge in [-0.2, -0.15) is 5.10 Å². The maximum Gasteiger partial charge on any atom is 0.337 e. The minimum Gasteiger partial charge on any atom is -0.478 e. The van der Waals surface area contributed by atoms with Gasteiger partial charge >= 0.3 is 5.97 Å². The van der Waals surface area contributed by atoms with Crippen LogP contribution in [0, 0.1) is 0 Å². The minimum atomic E-state index is -1.03. The summed E-state index contributed by atoms with van der Waals surface area (Å²) in [5, 5.41) is 13.9. The lowest BCUT2D eigenvalue weighted by molar-refractivity contribution is 0.0637. The predicted molar refractivity (Wildman–Crippen MR) is 87.3 cm³/mol. The van der Waals surface area contributed by atoms with Crippen molar-refractivity contribution in [1.82, 2.24) is 19.2 Å². The molecule has 2 aromatic heterocycles. The summed E-state index contributed by atoms with van der Waals surface area (Å²) >= 11 is 0. The fourth-order valence-corrected chi connectivity index (χ4v) is 3.76. The maximum atomic E-state index is 13.2. The van der Waals surface area contributed by atoms with Crippen LogP contribution in [0.4, 0.5) is 0 Å². The molecule has 1 fully saturated rings. The number of amides is 1. The average molecular weight is 344 g/mol. The maximum absolute atomic E-state index is 13.2. The molecule has 1 unspecified atom stereocenters. The Bertz CT molecular complexity index is 838. The van der Waals surface area contributed by atoms with Crippen molar-refractivity contribution in [2.45, 2.75) is 32.0 Å². The molecule has 8 heteroatoms. The molecule has 132 valence electrons. The SMILES string of the molecule is Cn1ccc(C2CCCN2C(=O)c2cc(C(=O)O)c3n2CCOC3)n1. The Hall–Kier alpha value is -2.61. The van der Waals surface area contributed by atoms with Gasteiger partial charge in [-0.1, -0.05) is 0 Å². The third-order valence-corrected chi connectivity index (χ3v) is 4.95. The Morgan fingerprint density at radius 1 is 1.36 bits per heavy atom.